The summed E-state index contributed by atoms with van der Waals surface area (Å²) >= 11 is 0. The number of ether oxygens (including phenoxy) is 1. The number of anilines is 2. The van der Waals surface area contributed by atoms with E-state index < -0.39 is 0 Å². The molecule has 5 heteroatoms. The van der Waals surface area contributed by atoms with E-state index in [4.69, 9.17) is 10.5 Å². The molecule has 0 heterocycles. The Morgan fingerprint density at radius 2 is 2.00 bits per heavy atom. The zero-order valence-corrected chi connectivity index (χ0v) is 13.6. The Balaban J connectivity index is 2.72. The van der Waals surface area contributed by atoms with E-state index in [1.807, 2.05) is 0 Å². The van der Waals surface area contributed by atoms with E-state index in [2.05, 4.69) is 37.9 Å². The van der Waals surface area contributed by atoms with Crippen LogP contribution in [0.4, 0.5) is 11.4 Å². The summed E-state index contributed by atoms with van der Waals surface area (Å²) in [5.41, 5.74) is 6.96. The molecular formula is C16H27N3O2. The molecule has 0 aliphatic carbocycles. The minimum Gasteiger partial charge on any atom is -0.494 e. The summed E-state index contributed by atoms with van der Waals surface area (Å²) < 4.78 is 5.24. The number of carbonyl (C=O) groups is 1. The highest BCUT2D eigenvalue weighted by molar-refractivity contribution is 5.94. The highest BCUT2D eigenvalue weighted by Gasteiger charge is 2.16. The van der Waals surface area contributed by atoms with Crippen LogP contribution in [-0.4, -0.2) is 37.0 Å². The van der Waals surface area contributed by atoms with E-state index in [0.29, 0.717) is 35.6 Å². The molecule has 0 unspecified atom stereocenters. The van der Waals surface area contributed by atoms with E-state index in [-0.39, 0.29) is 5.91 Å². The minimum absolute atomic E-state index is 0.0487. The van der Waals surface area contributed by atoms with Crippen LogP contribution in [0.1, 0.15) is 27.7 Å². The molecule has 0 fully saturated rings. The molecule has 118 valence electrons. The summed E-state index contributed by atoms with van der Waals surface area (Å²) in [5.74, 6) is 1.04. The van der Waals surface area contributed by atoms with Crippen molar-refractivity contribution in [2.75, 3.05) is 31.2 Å². The van der Waals surface area contributed by atoms with Gasteiger partial charge < -0.3 is 15.8 Å². The second kappa shape index (κ2) is 7.88. The lowest BCUT2D eigenvalue weighted by Crippen LogP contribution is -2.40. The van der Waals surface area contributed by atoms with Gasteiger partial charge in [0.25, 0.3) is 0 Å². The fourth-order valence-electron chi connectivity index (χ4n) is 2.11. The Kier molecular flexibility index (Phi) is 6.49. The number of methoxy groups -OCH3 is 1. The molecule has 0 spiro atoms. The molecule has 1 aromatic carbocycles. The topological polar surface area (TPSA) is 67.6 Å². The first-order valence-electron chi connectivity index (χ1n) is 7.31. The number of carbonyl (C=O) groups excluding carboxylic acids is 1. The zero-order valence-electron chi connectivity index (χ0n) is 13.6. The molecule has 5 nitrogen and oxygen atoms in total. The first-order valence-corrected chi connectivity index (χ1v) is 7.31. The molecule has 3 N–H and O–H groups in total. The lowest BCUT2D eigenvalue weighted by atomic mass is 10.2. The average molecular weight is 293 g/mol. The molecule has 1 aromatic rings. The fourth-order valence-corrected chi connectivity index (χ4v) is 2.11. The van der Waals surface area contributed by atoms with Crippen molar-refractivity contribution in [2.45, 2.75) is 33.7 Å². The Morgan fingerprint density at radius 3 is 2.52 bits per heavy atom. The van der Waals surface area contributed by atoms with Gasteiger partial charge in [-0.3, -0.25) is 9.69 Å². The maximum atomic E-state index is 12.2. The van der Waals surface area contributed by atoms with Gasteiger partial charge >= 0.3 is 0 Å². The quantitative estimate of drug-likeness (QED) is 0.758. The third kappa shape index (κ3) is 5.63. The number of rotatable bonds is 7. The molecule has 21 heavy (non-hydrogen) atoms. The monoisotopic (exact) mass is 293 g/mol. The number of hydrogen-bond acceptors (Lipinski definition) is 4. The van der Waals surface area contributed by atoms with E-state index in [9.17, 15) is 4.79 Å². The second-order valence-electron chi connectivity index (χ2n) is 5.92. The molecule has 0 atom stereocenters. The smallest absolute Gasteiger partial charge is 0.238 e. The third-order valence-corrected chi connectivity index (χ3v) is 3.18. The molecular weight excluding hydrogens is 266 g/mol. The van der Waals surface area contributed by atoms with Crippen LogP contribution in [0.3, 0.4) is 0 Å². The molecule has 0 aromatic heterocycles. The third-order valence-electron chi connectivity index (χ3n) is 3.18. The average Bonchev–Trinajstić information content (AvgIpc) is 2.39. The predicted molar refractivity (Wildman–Crippen MR) is 87.6 cm³/mol. The maximum absolute atomic E-state index is 12.2. The molecule has 0 aliphatic rings. The van der Waals surface area contributed by atoms with E-state index >= 15 is 0 Å². The molecule has 0 saturated carbocycles. The van der Waals surface area contributed by atoms with Crippen LogP contribution in [0.25, 0.3) is 0 Å². The molecule has 0 saturated heterocycles. The SMILES string of the molecule is COc1cc(N)ccc1NC(=O)CN(CC(C)C)C(C)C. The van der Waals surface area contributed by atoms with Gasteiger partial charge in [0, 0.05) is 24.3 Å². The van der Waals surface area contributed by atoms with Gasteiger partial charge in [-0.2, -0.15) is 0 Å². The number of hydrogen-bond donors (Lipinski definition) is 2. The van der Waals surface area contributed by atoms with Crippen molar-refractivity contribution in [3.05, 3.63) is 18.2 Å². The molecule has 0 radical (unpaired) electrons. The van der Waals surface area contributed by atoms with E-state index in [0.717, 1.165) is 6.54 Å². The van der Waals surface area contributed by atoms with Gasteiger partial charge in [0.05, 0.1) is 19.3 Å². The van der Waals surface area contributed by atoms with Crippen molar-refractivity contribution in [2.24, 2.45) is 5.92 Å². The Labute approximate surface area is 127 Å². The molecule has 1 amide bonds. The summed E-state index contributed by atoms with van der Waals surface area (Å²) in [6.45, 7) is 9.75. The fraction of sp³-hybridized carbons (Fsp3) is 0.562. The van der Waals surface area contributed by atoms with Gasteiger partial charge in [-0.25, -0.2) is 0 Å². The van der Waals surface area contributed by atoms with Gasteiger partial charge in [0.15, 0.2) is 0 Å². The van der Waals surface area contributed by atoms with Crippen LogP contribution in [-0.2, 0) is 4.79 Å². The Hall–Kier alpha value is -1.75. The normalized spacial score (nSPS) is 11.2. The number of nitrogens with two attached hydrogens (primary N) is 1. The number of amides is 1. The molecule has 1 rings (SSSR count). The van der Waals surface area contributed by atoms with Gasteiger partial charge in [0.2, 0.25) is 5.91 Å². The van der Waals surface area contributed by atoms with Crippen molar-refractivity contribution in [3.63, 3.8) is 0 Å². The maximum Gasteiger partial charge on any atom is 0.238 e. The highest BCUT2D eigenvalue weighted by Crippen LogP contribution is 2.26. The van der Waals surface area contributed by atoms with Crippen molar-refractivity contribution in [1.82, 2.24) is 4.90 Å². The van der Waals surface area contributed by atoms with Crippen molar-refractivity contribution >= 4 is 17.3 Å². The highest BCUT2D eigenvalue weighted by atomic mass is 16.5. The second-order valence-corrected chi connectivity index (χ2v) is 5.92. The summed E-state index contributed by atoms with van der Waals surface area (Å²) in [7, 11) is 1.56. The standard InChI is InChI=1S/C16H27N3O2/c1-11(2)9-19(12(3)4)10-16(20)18-14-7-6-13(17)8-15(14)21-5/h6-8,11-12H,9-10,17H2,1-5H3,(H,18,20). The van der Waals surface area contributed by atoms with Crippen LogP contribution in [0.15, 0.2) is 18.2 Å². The lowest BCUT2D eigenvalue weighted by molar-refractivity contribution is -0.117. The summed E-state index contributed by atoms with van der Waals surface area (Å²) in [4.78, 5) is 14.4. The van der Waals surface area contributed by atoms with Gasteiger partial charge in [-0.05, 0) is 31.9 Å². The Morgan fingerprint density at radius 1 is 1.33 bits per heavy atom. The van der Waals surface area contributed by atoms with Crippen LogP contribution in [0.2, 0.25) is 0 Å². The summed E-state index contributed by atoms with van der Waals surface area (Å²) in [6.07, 6.45) is 0. The number of benzene rings is 1. The molecule has 0 aliphatic heterocycles. The van der Waals surface area contributed by atoms with Gasteiger partial charge in [-0.15, -0.1) is 0 Å². The number of nitrogen functional groups attached to an aromatic ring is 1. The van der Waals surface area contributed by atoms with E-state index in [1.165, 1.54) is 0 Å². The first kappa shape index (κ1) is 17.3. The Bertz CT molecular complexity index is 473. The van der Waals surface area contributed by atoms with Gasteiger partial charge in [0.1, 0.15) is 5.75 Å². The van der Waals surface area contributed by atoms with Crippen molar-refractivity contribution < 1.29 is 9.53 Å². The van der Waals surface area contributed by atoms with Crippen LogP contribution in [0, 0.1) is 5.92 Å². The number of nitrogens with one attached hydrogen (secondary N) is 1. The predicted octanol–water partition coefficient (Wildman–Crippen LogP) is 2.58. The summed E-state index contributed by atoms with van der Waals surface area (Å²) in [6, 6.07) is 5.52. The minimum atomic E-state index is -0.0487. The van der Waals surface area contributed by atoms with E-state index in [1.54, 1.807) is 25.3 Å². The van der Waals surface area contributed by atoms with Crippen molar-refractivity contribution in [1.29, 1.82) is 0 Å². The number of nitrogens with zero attached hydrogens (tertiary/aromatic N) is 1. The zero-order chi connectivity index (χ0) is 16.0. The van der Waals surface area contributed by atoms with Crippen LogP contribution in [0.5, 0.6) is 5.75 Å². The van der Waals surface area contributed by atoms with Crippen LogP contribution >= 0.6 is 0 Å². The van der Waals surface area contributed by atoms with Crippen molar-refractivity contribution in [3.8, 4) is 5.75 Å². The largest absolute Gasteiger partial charge is 0.494 e. The van der Waals surface area contributed by atoms with Crippen LogP contribution < -0.4 is 15.8 Å². The lowest BCUT2D eigenvalue weighted by Gasteiger charge is -2.27. The first-order chi connectivity index (χ1) is 9.83. The summed E-state index contributed by atoms with van der Waals surface area (Å²) in [5, 5.41) is 2.89. The van der Waals surface area contributed by atoms with Gasteiger partial charge in [-0.1, -0.05) is 13.8 Å². The molecule has 0 bridgehead atoms.